The second-order valence-corrected chi connectivity index (χ2v) is 2.51. The van der Waals surface area contributed by atoms with Gasteiger partial charge in [0.25, 0.3) is 0 Å². The third-order valence-electron chi connectivity index (χ3n) is 1.85. The minimum Gasteiger partial charge on any atom is -0.479 e. The van der Waals surface area contributed by atoms with Crippen LogP contribution in [-0.2, 0) is 4.79 Å². The van der Waals surface area contributed by atoms with Crippen LogP contribution in [0.15, 0.2) is 0 Å². The fourth-order valence-electron chi connectivity index (χ4n) is 0.867. The number of aliphatic carboxylic acids is 1. The Morgan fingerprint density at radius 1 is 1.55 bits per heavy atom. The number of hydrogen-bond donors (Lipinski definition) is 3. The Bertz CT molecular complexity index is 145. The van der Waals surface area contributed by atoms with Crippen molar-refractivity contribution in [1.29, 1.82) is 0 Å². The molecule has 0 aromatic rings. The average molecular weight is 162 g/mol. The molecule has 0 saturated heterocycles. The van der Waals surface area contributed by atoms with Crippen LogP contribution in [0.2, 0.25) is 0 Å². The molecule has 3 N–H and O–H groups in total. The van der Waals surface area contributed by atoms with Gasteiger partial charge < -0.3 is 15.3 Å². The minimum atomic E-state index is -1.98. The maximum atomic E-state index is 10.4. The molecular formula is C7H14O4. The average Bonchev–Trinajstić information content (AvgIpc) is 2.01. The van der Waals surface area contributed by atoms with Crippen molar-refractivity contribution >= 4 is 5.97 Å². The predicted molar refractivity (Wildman–Crippen MR) is 39.2 cm³/mol. The van der Waals surface area contributed by atoms with Gasteiger partial charge in [-0.05, 0) is 12.8 Å². The van der Waals surface area contributed by atoms with Crippen LogP contribution in [0, 0.1) is 0 Å². The number of carboxylic acid groups (broad SMARTS) is 1. The highest BCUT2D eigenvalue weighted by atomic mass is 16.4. The van der Waals surface area contributed by atoms with E-state index in [1.54, 1.807) is 6.92 Å². The van der Waals surface area contributed by atoms with E-state index in [2.05, 4.69) is 0 Å². The van der Waals surface area contributed by atoms with E-state index in [0.717, 1.165) is 0 Å². The first kappa shape index (κ1) is 10.4. The first-order chi connectivity index (χ1) is 4.99. The molecule has 4 heteroatoms. The Labute approximate surface area is 65.5 Å². The van der Waals surface area contributed by atoms with Gasteiger partial charge in [-0.2, -0.15) is 0 Å². The molecular weight excluding hydrogens is 148 g/mol. The summed E-state index contributed by atoms with van der Waals surface area (Å²) in [5.74, 6) is -1.37. The summed E-state index contributed by atoms with van der Waals surface area (Å²) < 4.78 is 0. The second kappa shape index (κ2) is 3.69. The molecule has 0 aromatic heterocycles. The molecule has 0 saturated carbocycles. The SMILES string of the molecule is CCC(O)C(O)(CC)C(=O)O. The summed E-state index contributed by atoms with van der Waals surface area (Å²) in [6, 6.07) is 0. The normalized spacial score (nSPS) is 18.9. The molecule has 0 aliphatic carbocycles. The number of aliphatic hydroxyl groups excluding tert-OH is 1. The predicted octanol–water partition coefficient (Wildman–Crippen LogP) is -0.0170. The maximum absolute atomic E-state index is 10.4. The Balaban J connectivity index is 4.45. The zero-order chi connectivity index (χ0) is 9.07. The highest BCUT2D eigenvalue weighted by Gasteiger charge is 2.40. The smallest absolute Gasteiger partial charge is 0.338 e. The summed E-state index contributed by atoms with van der Waals surface area (Å²) in [4.78, 5) is 10.4. The van der Waals surface area contributed by atoms with Gasteiger partial charge in [0.05, 0.1) is 6.10 Å². The van der Waals surface area contributed by atoms with Crippen LogP contribution in [-0.4, -0.2) is 33.0 Å². The van der Waals surface area contributed by atoms with Gasteiger partial charge >= 0.3 is 5.97 Å². The van der Waals surface area contributed by atoms with Gasteiger partial charge in [0.15, 0.2) is 5.60 Å². The molecule has 4 nitrogen and oxygen atoms in total. The third kappa shape index (κ3) is 1.91. The number of aliphatic hydroxyl groups is 2. The quantitative estimate of drug-likeness (QED) is 0.543. The number of hydrogen-bond acceptors (Lipinski definition) is 3. The molecule has 11 heavy (non-hydrogen) atoms. The Morgan fingerprint density at radius 3 is 2.09 bits per heavy atom. The third-order valence-corrected chi connectivity index (χ3v) is 1.85. The number of carboxylic acids is 1. The summed E-state index contributed by atoms with van der Waals surface area (Å²) in [6.07, 6.45) is -0.946. The van der Waals surface area contributed by atoms with Crippen LogP contribution < -0.4 is 0 Å². The highest BCUT2D eigenvalue weighted by Crippen LogP contribution is 2.17. The minimum absolute atomic E-state index is 0.0112. The van der Waals surface area contributed by atoms with E-state index in [9.17, 15) is 9.90 Å². The largest absolute Gasteiger partial charge is 0.479 e. The number of carbonyl (C=O) groups is 1. The molecule has 0 aliphatic heterocycles. The summed E-state index contributed by atoms with van der Waals surface area (Å²) >= 11 is 0. The molecule has 0 aliphatic rings. The van der Waals surface area contributed by atoms with E-state index in [0.29, 0.717) is 0 Å². The molecule has 0 heterocycles. The highest BCUT2D eigenvalue weighted by molar-refractivity contribution is 5.77. The van der Waals surface area contributed by atoms with Crippen molar-refractivity contribution < 1.29 is 20.1 Å². The Morgan fingerprint density at radius 2 is 2.00 bits per heavy atom. The molecule has 66 valence electrons. The van der Waals surface area contributed by atoms with Gasteiger partial charge in [0.2, 0.25) is 0 Å². The zero-order valence-electron chi connectivity index (χ0n) is 6.74. The molecule has 2 atom stereocenters. The van der Waals surface area contributed by atoms with Crippen molar-refractivity contribution in [1.82, 2.24) is 0 Å². The molecule has 0 radical (unpaired) electrons. The standard InChI is InChI=1S/C7H14O4/c1-3-5(8)7(11,4-2)6(9)10/h5,8,11H,3-4H2,1-2H3,(H,9,10). The van der Waals surface area contributed by atoms with E-state index >= 15 is 0 Å². The van der Waals surface area contributed by atoms with Gasteiger partial charge in [0.1, 0.15) is 0 Å². The van der Waals surface area contributed by atoms with Crippen LogP contribution in [0.4, 0.5) is 0 Å². The van der Waals surface area contributed by atoms with Crippen LogP contribution in [0.5, 0.6) is 0 Å². The van der Waals surface area contributed by atoms with Crippen LogP contribution in [0.1, 0.15) is 26.7 Å². The van der Waals surface area contributed by atoms with Crippen molar-refractivity contribution in [2.75, 3.05) is 0 Å². The Kier molecular flexibility index (Phi) is 3.48. The van der Waals surface area contributed by atoms with E-state index in [1.165, 1.54) is 6.92 Å². The monoisotopic (exact) mass is 162 g/mol. The fourth-order valence-corrected chi connectivity index (χ4v) is 0.867. The van der Waals surface area contributed by atoms with Crippen molar-refractivity contribution in [2.24, 2.45) is 0 Å². The van der Waals surface area contributed by atoms with Crippen molar-refractivity contribution in [3.8, 4) is 0 Å². The molecule has 0 fully saturated rings. The second-order valence-electron chi connectivity index (χ2n) is 2.51. The van der Waals surface area contributed by atoms with E-state index in [1.807, 2.05) is 0 Å². The van der Waals surface area contributed by atoms with E-state index < -0.39 is 17.7 Å². The molecule has 0 rings (SSSR count). The summed E-state index contributed by atoms with van der Waals surface area (Å²) in [5, 5.41) is 27.0. The van der Waals surface area contributed by atoms with Gasteiger partial charge in [-0.3, -0.25) is 0 Å². The lowest BCUT2D eigenvalue weighted by Gasteiger charge is -2.26. The first-order valence-corrected chi connectivity index (χ1v) is 3.62. The van der Waals surface area contributed by atoms with Gasteiger partial charge in [-0.25, -0.2) is 4.79 Å². The van der Waals surface area contributed by atoms with E-state index in [-0.39, 0.29) is 12.8 Å². The maximum Gasteiger partial charge on any atom is 0.338 e. The van der Waals surface area contributed by atoms with Crippen LogP contribution in [0.3, 0.4) is 0 Å². The van der Waals surface area contributed by atoms with Crippen molar-refractivity contribution in [3.63, 3.8) is 0 Å². The van der Waals surface area contributed by atoms with Crippen molar-refractivity contribution in [3.05, 3.63) is 0 Å². The van der Waals surface area contributed by atoms with Crippen molar-refractivity contribution in [2.45, 2.75) is 38.4 Å². The first-order valence-electron chi connectivity index (χ1n) is 3.62. The molecule has 0 aromatic carbocycles. The van der Waals surface area contributed by atoms with Crippen LogP contribution >= 0.6 is 0 Å². The van der Waals surface area contributed by atoms with Gasteiger partial charge in [0, 0.05) is 0 Å². The lowest BCUT2D eigenvalue weighted by Crippen LogP contribution is -2.48. The van der Waals surface area contributed by atoms with E-state index in [4.69, 9.17) is 10.2 Å². The summed E-state index contributed by atoms with van der Waals surface area (Å²) in [5.41, 5.74) is -1.98. The Hall–Kier alpha value is -0.610. The lowest BCUT2D eigenvalue weighted by atomic mass is 9.92. The molecule has 0 bridgehead atoms. The summed E-state index contributed by atoms with van der Waals surface area (Å²) in [7, 11) is 0. The van der Waals surface area contributed by atoms with Gasteiger partial charge in [-0.1, -0.05) is 13.8 Å². The summed E-state index contributed by atoms with van der Waals surface area (Å²) in [6.45, 7) is 3.14. The number of rotatable bonds is 4. The molecule has 2 unspecified atom stereocenters. The van der Waals surface area contributed by atoms with Gasteiger partial charge in [-0.15, -0.1) is 0 Å². The fraction of sp³-hybridized carbons (Fsp3) is 0.857. The topological polar surface area (TPSA) is 77.8 Å². The lowest BCUT2D eigenvalue weighted by molar-refractivity contribution is -0.172. The molecule has 0 amide bonds. The van der Waals surface area contributed by atoms with Crippen LogP contribution in [0.25, 0.3) is 0 Å². The zero-order valence-corrected chi connectivity index (χ0v) is 6.74. The molecule has 0 spiro atoms.